The van der Waals surface area contributed by atoms with Crippen LogP contribution < -0.4 is 9.39 Å². The Labute approximate surface area is 152 Å². The third-order valence-electron chi connectivity index (χ3n) is 4.33. The van der Waals surface area contributed by atoms with Crippen LogP contribution in [0.25, 0.3) is 0 Å². The minimum absolute atomic E-state index is 0.0513. The highest BCUT2D eigenvalue weighted by molar-refractivity contribution is 7.99. The fourth-order valence-corrected chi connectivity index (χ4v) is 3.71. The van der Waals surface area contributed by atoms with E-state index < -0.39 is 12.2 Å². The largest absolute Gasteiger partial charge is 0.688 e. The van der Waals surface area contributed by atoms with Crippen molar-refractivity contribution in [2.24, 2.45) is 0 Å². The molecule has 2 heterocycles. The summed E-state index contributed by atoms with van der Waals surface area (Å²) in [5.74, 6) is -0.320. The number of fused-ring (bicyclic) bond motifs is 1. The summed E-state index contributed by atoms with van der Waals surface area (Å²) in [6, 6.07) is 3.39. The SMILES string of the molecule is CSCC(=O)N1CC(Oc2ccc3c(c2C(=O)O)O[B-](O)(P)CC3)C1. The summed E-state index contributed by atoms with van der Waals surface area (Å²) in [6.45, 7) is 0.877. The van der Waals surface area contributed by atoms with Gasteiger partial charge in [0.05, 0.1) is 24.6 Å². The predicted octanol–water partition coefficient (Wildman–Crippen LogP) is 1.08. The number of likely N-dealkylation sites (tertiary alicyclic amines) is 1. The number of carboxylic acid groups (broad SMARTS) is 1. The van der Waals surface area contributed by atoms with Crippen molar-refractivity contribution >= 4 is 39.0 Å². The fourth-order valence-electron chi connectivity index (χ4n) is 2.98. The Morgan fingerprint density at radius 1 is 1.48 bits per heavy atom. The highest BCUT2D eigenvalue weighted by Gasteiger charge is 2.35. The number of aromatic carboxylic acids is 1. The van der Waals surface area contributed by atoms with E-state index in [0.29, 0.717) is 31.6 Å². The van der Waals surface area contributed by atoms with Gasteiger partial charge in [-0.1, -0.05) is 6.07 Å². The number of carbonyl (C=O) groups is 2. The molecule has 0 bridgehead atoms. The Morgan fingerprint density at radius 3 is 2.84 bits per heavy atom. The second-order valence-electron chi connectivity index (χ2n) is 6.34. The molecule has 2 atom stereocenters. The average Bonchev–Trinajstić information content (AvgIpc) is 2.48. The van der Waals surface area contributed by atoms with E-state index in [1.54, 1.807) is 17.0 Å². The Hall–Kier alpha value is -1.44. The molecule has 0 aliphatic carbocycles. The van der Waals surface area contributed by atoms with Gasteiger partial charge in [0, 0.05) is 0 Å². The van der Waals surface area contributed by atoms with E-state index in [2.05, 4.69) is 9.12 Å². The second kappa shape index (κ2) is 7.06. The highest BCUT2D eigenvalue weighted by Crippen LogP contribution is 2.40. The lowest BCUT2D eigenvalue weighted by Gasteiger charge is -2.41. The molecule has 1 saturated heterocycles. The number of ether oxygens (including phenoxy) is 1. The summed E-state index contributed by atoms with van der Waals surface area (Å²) in [7, 11) is 2.25. The number of aryl methyl sites for hydroxylation is 1. The lowest BCUT2D eigenvalue weighted by molar-refractivity contribution is -0.137. The van der Waals surface area contributed by atoms with Gasteiger partial charge in [0.25, 0.3) is 0 Å². The number of amides is 1. The first-order valence-electron chi connectivity index (χ1n) is 8.00. The highest BCUT2D eigenvalue weighted by atomic mass is 32.2. The molecule has 2 aliphatic rings. The zero-order chi connectivity index (χ0) is 18.2. The van der Waals surface area contributed by atoms with Gasteiger partial charge in [-0.3, -0.25) is 4.79 Å². The third-order valence-corrected chi connectivity index (χ3v) is 5.33. The topological polar surface area (TPSA) is 96.3 Å². The molecule has 1 fully saturated rings. The van der Waals surface area contributed by atoms with Gasteiger partial charge in [0.2, 0.25) is 5.91 Å². The molecule has 0 aromatic heterocycles. The van der Waals surface area contributed by atoms with E-state index in [1.165, 1.54) is 11.8 Å². The van der Waals surface area contributed by atoms with Crippen LogP contribution >= 0.6 is 20.9 Å². The van der Waals surface area contributed by atoms with E-state index in [9.17, 15) is 19.7 Å². The van der Waals surface area contributed by atoms with Crippen LogP contribution in [0.2, 0.25) is 6.32 Å². The number of nitrogens with zero attached hydrogens (tertiary/aromatic N) is 1. The number of hydrogen-bond acceptors (Lipinski definition) is 6. The van der Waals surface area contributed by atoms with E-state index in [1.807, 2.05) is 6.26 Å². The number of carbonyl (C=O) groups excluding carboxylic acids is 1. The molecule has 0 spiro atoms. The maximum absolute atomic E-state index is 11.8. The molecule has 2 aliphatic heterocycles. The lowest BCUT2D eigenvalue weighted by atomic mass is 9.76. The molecule has 2 N–H and O–H groups in total. The summed E-state index contributed by atoms with van der Waals surface area (Å²) in [5, 5.41) is 19.7. The zero-order valence-electron chi connectivity index (χ0n) is 13.8. The quantitative estimate of drug-likeness (QED) is 0.579. The van der Waals surface area contributed by atoms with Gasteiger partial charge in [0.1, 0.15) is 17.4 Å². The molecule has 10 heteroatoms. The minimum Gasteiger partial charge on any atom is -0.688 e. The third kappa shape index (κ3) is 3.88. The molecule has 1 aromatic carbocycles. The van der Waals surface area contributed by atoms with Gasteiger partial charge < -0.3 is 24.4 Å². The molecule has 0 saturated carbocycles. The summed E-state index contributed by atoms with van der Waals surface area (Å²) in [5.41, 5.74) is 0.665. The number of thioether (sulfide) groups is 1. The van der Waals surface area contributed by atoms with Crippen molar-refractivity contribution in [1.82, 2.24) is 4.90 Å². The summed E-state index contributed by atoms with van der Waals surface area (Å²) in [4.78, 5) is 25.2. The first kappa shape index (κ1) is 18.4. The van der Waals surface area contributed by atoms with E-state index in [-0.39, 0.29) is 29.1 Å². The van der Waals surface area contributed by atoms with Crippen molar-refractivity contribution in [3.8, 4) is 11.5 Å². The van der Waals surface area contributed by atoms with Crippen molar-refractivity contribution < 1.29 is 29.1 Å². The molecule has 7 nitrogen and oxygen atoms in total. The van der Waals surface area contributed by atoms with Crippen LogP contribution in [0.15, 0.2) is 12.1 Å². The van der Waals surface area contributed by atoms with E-state index in [0.717, 1.165) is 5.56 Å². The van der Waals surface area contributed by atoms with Crippen LogP contribution in [0.1, 0.15) is 15.9 Å². The molecular weight excluding hydrogens is 364 g/mol. The second-order valence-corrected chi connectivity index (χ2v) is 8.24. The zero-order valence-corrected chi connectivity index (χ0v) is 15.8. The maximum Gasteiger partial charge on any atom is 0.343 e. The average molecular weight is 384 g/mol. The Morgan fingerprint density at radius 2 is 2.20 bits per heavy atom. The van der Waals surface area contributed by atoms with Crippen molar-refractivity contribution in [1.29, 1.82) is 0 Å². The molecule has 25 heavy (non-hydrogen) atoms. The maximum atomic E-state index is 11.8. The Kier molecular flexibility index (Phi) is 5.18. The number of benzene rings is 1. The molecule has 1 amide bonds. The predicted molar refractivity (Wildman–Crippen MR) is 99.6 cm³/mol. The van der Waals surface area contributed by atoms with Crippen LogP contribution in [-0.2, 0) is 11.2 Å². The van der Waals surface area contributed by atoms with Crippen LogP contribution in [0.4, 0.5) is 0 Å². The normalized spacial score (nSPS) is 22.6. The summed E-state index contributed by atoms with van der Waals surface area (Å²) >= 11 is 1.46. The lowest BCUT2D eigenvalue weighted by Crippen LogP contribution is -2.56. The van der Waals surface area contributed by atoms with Gasteiger partial charge >= 0.3 is 12.2 Å². The molecule has 1 aromatic rings. The molecule has 2 unspecified atom stereocenters. The van der Waals surface area contributed by atoms with Crippen molar-refractivity contribution in [3.05, 3.63) is 23.3 Å². The minimum atomic E-state index is -2.15. The number of hydrogen-bond donors (Lipinski definition) is 2. The van der Waals surface area contributed by atoms with Gasteiger partial charge in [-0.15, -0.1) is 6.32 Å². The van der Waals surface area contributed by atoms with Crippen molar-refractivity contribution in [2.75, 3.05) is 25.1 Å². The van der Waals surface area contributed by atoms with Crippen LogP contribution in [0.3, 0.4) is 0 Å². The number of carboxylic acids is 1. The standard InChI is InChI=1S/C15H20BNO6PS/c1-25-8-12(18)17-6-10(7-17)22-11-3-2-9-4-5-16(21,24)23-14(9)13(11)15(19)20/h2-3,10,21H,4-8,24H2,1H3,(H,19,20)/q-1. The fraction of sp³-hybridized carbons (Fsp3) is 0.467. The van der Waals surface area contributed by atoms with Gasteiger partial charge in [-0.2, -0.15) is 11.8 Å². The van der Waals surface area contributed by atoms with E-state index in [4.69, 9.17) is 9.39 Å². The van der Waals surface area contributed by atoms with E-state index >= 15 is 0 Å². The molecule has 136 valence electrons. The van der Waals surface area contributed by atoms with Crippen molar-refractivity contribution in [2.45, 2.75) is 18.8 Å². The summed E-state index contributed by atoms with van der Waals surface area (Å²) < 4.78 is 11.3. The molecule has 0 radical (unpaired) electrons. The van der Waals surface area contributed by atoms with Gasteiger partial charge in [-0.25, -0.2) is 13.9 Å². The van der Waals surface area contributed by atoms with Crippen LogP contribution in [0.5, 0.6) is 11.5 Å². The molecule has 3 rings (SSSR count). The van der Waals surface area contributed by atoms with Crippen LogP contribution in [0, 0.1) is 0 Å². The monoisotopic (exact) mass is 384 g/mol. The van der Waals surface area contributed by atoms with Gasteiger partial charge in [-0.05, 0) is 24.3 Å². The van der Waals surface area contributed by atoms with Crippen molar-refractivity contribution in [3.63, 3.8) is 0 Å². The smallest absolute Gasteiger partial charge is 0.343 e. The first-order valence-corrected chi connectivity index (χ1v) is 10.1. The Balaban J connectivity index is 1.77. The summed E-state index contributed by atoms with van der Waals surface area (Å²) in [6.07, 6.45) is 0.435. The van der Waals surface area contributed by atoms with Crippen LogP contribution in [-0.4, -0.2) is 64.4 Å². The molecular formula is C15H20BNO6PS-. The Bertz CT molecular complexity index is 710. The first-order chi connectivity index (χ1) is 11.8. The number of rotatable bonds is 5. The van der Waals surface area contributed by atoms with Gasteiger partial charge in [0.15, 0.2) is 0 Å².